The lowest BCUT2D eigenvalue weighted by Gasteiger charge is -2.19. The van der Waals surface area contributed by atoms with Gasteiger partial charge in [-0.15, -0.1) is 22.7 Å². The molecule has 0 aliphatic carbocycles. The van der Waals surface area contributed by atoms with Crippen LogP contribution in [0.5, 0.6) is 0 Å². The van der Waals surface area contributed by atoms with Crippen LogP contribution in [0.15, 0.2) is 21.3 Å². The second kappa shape index (κ2) is 5.18. The van der Waals surface area contributed by atoms with Gasteiger partial charge in [0.05, 0.1) is 10.6 Å². The quantitative estimate of drug-likeness (QED) is 0.894. The zero-order chi connectivity index (χ0) is 12.5. The molecule has 92 valence electrons. The van der Waals surface area contributed by atoms with Gasteiger partial charge in [0.2, 0.25) is 0 Å². The van der Waals surface area contributed by atoms with Crippen molar-refractivity contribution in [2.24, 2.45) is 0 Å². The lowest BCUT2D eigenvalue weighted by molar-refractivity contribution is 0.422. The van der Waals surface area contributed by atoms with Crippen LogP contribution in [0.1, 0.15) is 26.5 Å². The number of thiophene rings is 1. The summed E-state index contributed by atoms with van der Waals surface area (Å²) in [6.45, 7) is 7.31. The van der Waals surface area contributed by atoms with Crippen molar-refractivity contribution in [3.8, 4) is 9.88 Å². The fourth-order valence-corrected chi connectivity index (χ4v) is 3.93. The minimum Gasteiger partial charge on any atom is -0.306 e. The first kappa shape index (κ1) is 13.2. The van der Waals surface area contributed by atoms with Crippen LogP contribution < -0.4 is 5.32 Å². The number of nitrogens with one attached hydrogen (secondary N) is 1. The van der Waals surface area contributed by atoms with Gasteiger partial charge in [0.1, 0.15) is 5.01 Å². The number of hydrogen-bond acceptors (Lipinski definition) is 4. The maximum atomic E-state index is 4.65. The highest BCUT2D eigenvalue weighted by atomic mass is 79.9. The first-order chi connectivity index (χ1) is 7.96. The molecular formula is C12H15BrN2S2. The zero-order valence-electron chi connectivity index (χ0n) is 10.1. The lowest BCUT2D eigenvalue weighted by atomic mass is 10.1. The average Bonchev–Trinajstić information content (AvgIpc) is 2.81. The van der Waals surface area contributed by atoms with Gasteiger partial charge in [-0.3, -0.25) is 0 Å². The molecule has 2 nitrogen and oxygen atoms in total. The smallest absolute Gasteiger partial charge is 0.134 e. The minimum atomic E-state index is 0.132. The van der Waals surface area contributed by atoms with Crippen LogP contribution in [0.3, 0.4) is 0 Å². The van der Waals surface area contributed by atoms with Gasteiger partial charge in [-0.05, 0) is 48.1 Å². The Morgan fingerprint density at radius 1 is 1.35 bits per heavy atom. The highest BCUT2D eigenvalue weighted by Crippen LogP contribution is 2.35. The zero-order valence-corrected chi connectivity index (χ0v) is 13.3. The molecule has 2 heterocycles. The third-order valence-electron chi connectivity index (χ3n) is 2.16. The van der Waals surface area contributed by atoms with Crippen LogP contribution in [0.4, 0.5) is 0 Å². The van der Waals surface area contributed by atoms with E-state index < -0.39 is 0 Å². The second-order valence-corrected chi connectivity index (χ2v) is 7.47. The van der Waals surface area contributed by atoms with Crippen molar-refractivity contribution >= 4 is 38.6 Å². The Balaban J connectivity index is 2.09. The Labute approximate surface area is 118 Å². The number of hydrogen-bond donors (Lipinski definition) is 1. The average molecular weight is 331 g/mol. The predicted molar refractivity (Wildman–Crippen MR) is 79.7 cm³/mol. The Morgan fingerprint density at radius 2 is 2.12 bits per heavy atom. The molecular weight excluding hydrogens is 316 g/mol. The van der Waals surface area contributed by atoms with Gasteiger partial charge >= 0.3 is 0 Å². The molecule has 2 aromatic rings. The summed E-state index contributed by atoms with van der Waals surface area (Å²) in [7, 11) is 0. The van der Waals surface area contributed by atoms with E-state index >= 15 is 0 Å². The largest absolute Gasteiger partial charge is 0.306 e. The van der Waals surface area contributed by atoms with Crippen molar-refractivity contribution in [2.45, 2.75) is 32.9 Å². The van der Waals surface area contributed by atoms with E-state index in [9.17, 15) is 0 Å². The molecule has 0 atom stereocenters. The Kier molecular flexibility index (Phi) is 4.02. The summed E-state index contributed by atoms with van der Waals surface area (Å²) >= 11 is 6.97. The van der Waals surface area contributed by atoms with Crippen molar-refractivity contribution in [3.63, 3.8) is 0 Å². The Morgan fingerprint density at radius 3 is 2.71 bits per heavy atom. The van der Waals surface area contributed by atoms with Crippen LogP contribution in [0.25, 0.3) is 9.88 Å². The van der Waals surface area contributed by atoms with E-state index in [-0.39, 0.29) is 5.54 Å². The highest BCUT2D eigenvalue weighted by molar-refractivity contribution is 9.10. The van der Waals surface area contributed by atoms with Crippen molar-refractivity contribution in [1.82, 2.24) is 10.3 Å². The van der Waals surface area contributed by atoms with E-state index in [0.29, 0.717) is 0 Å². The van der Waals surface area contributed by atoms with Crippen molar-refractivity contribution < 1.29 is 0 Å². The van der Waals surface area contributed by atoms with Gasteiger partial charge in [0.15, 0.2) is 0 Å². The molecule has 0 amide bonds. The molecule has 0 fully saturated rings. The second-order valence-electron chi connectivity index (χ2n) is 4.85. The van der Waals surface area contributed by atoms with Crippen LogP contribution >= 0.6 is 38.6 Å². The molecule has 0 saturated heterocycles. The summed E-state index contributed by atoms with van der Waals surface area (Å²) in [4.78, 5) is 5.87. The van der Waals surface area contributed by atoms with Crippen LogP contribution in [0, 0.1) is 0 Å². The van der Waals surface area contributed by atoms with Crippen LogP contribution in [0.2, 0.25) is 0 Å². The number of nitrogens with zero attached hydrogens (tertiary/aromatic N) is 1. The number of rotatable bonds is 3. The number of aromatic nitrogens is 1. The monoisotopic (exact) mass is 330 g/mol. The normalized spacial score (nSPS) is 12.0. The Hall–Kier alpha value is -0.230. The van der Waals surface area contributed by atoms with Crippen LogP contribution in [-0.4, -0.2) is 10.5 Å². The molecule has 0 spiro atoms. The summed E-state index contributed by atoms with van der Waals surface area (Å²) in [5.74, 6) is 0. The lowest BCUT2D eigenvalue weighted by Crippen LogP contribution is -2.35. The first-order valence-electron chi connectivity index (χ1n) is 5.38. The highest BCUT2D eigenvalue weighted by Gasteiger charge is 2.12. The van der Waals surface area contributed by atoms with E-state index in [4.69, 9.17) is 0 Å². The van der Waals surface area contributed by atoms with Gasteiger partial charge in [-0.25, -0.2) is 4.98 Å². The van der Waals surface area contributed by atoms with Gasteiger partial charge in [0.25, 0.3) is 0 Å². The molecule has 2 rings (SSSR count). The maximum Gasteiger partial charge on any atom is 0.134 e. The minimum absolute atomic E-state index is 0.132. The van der Waals surface area contributed by atoms with Gasteiger partial charge in [0, 0.05) is 21.9 Å². The molecule has 2 aromatic heterocycles. The molecule has 0 unspecified atom stereocenters. The van der Waals surface area contributed by atoms with Gasteiger partial charge in [-0.2, -0.15) is 0 Å². The van der Waals surface area contributed by atoms with E-state index in [1.807, 2.05) is 0 Å². The van der Waals surface area contributed by atoms with E-state index in [1.165, 1.54) is 4.88 Å². The molecule has 0 aliphatic heterocycles. The van der Waals surface area contributed by atoms with E-state index in [1.54, 1.807) is 22.7 Å². The van der Waals surface area contributed by atoms with Gasteiger partial charge in [-0.1, -0.05) is 0 Å². The Bertz CT molecular complexity index is 497. The third kappa shape index (κ3) is 3.61. The molecule has 5 heteroatoms. The maximum absolute atomic E-state index is 4.65. The van der Waals surface area contributed by atoms with Crippen molar-refractivity contribution in [3.05, 3.63) is 27.0 Å². The summed E-state index contributed by atoms with van der Waals surface area (Å²) in [6.07, 6.45) is 0. The van der Waals surface area contributed by atoms with Crippen LogP contribution in [-0.2, 0) is 6.54 Å². The fourth-order valence-electron chi connectivity index (χ4n) is 1.29. The molecule has 0 aromatic carbocycles. The summed E-state index contributed by atoms with van der Waals surface area (Å²) in [5.41, 5.74) is 1.24. The predicted octanol–water partition coefficient (Wildman–Crippen LogP) is 4.52. The topological polar surface area (TPSA) is 24.9 Å². The SMILES string of the molecule is CC(C)(C)NCc1csc(-c2sccc2Br)n1. The summed E-state index contributed by atoms with van der Waals surface area (Å²) < 4.78 is 1.13. The first-order valence-corrected chi connectivity index (χ1v) is 7.94. The molecule has 17 heavy (non-hydrogen) atoms. The van der Waals surface area contributed by atoms with Crippen molar-refractivity contribution in [2.75, 3.05) is 0 Å². The van der Waals surface area contributed by atoms with Gasteiger partial charge < -0.3 is 5.32 Å². The van der Waals surface area contributed by atoms with E-state index in [2.05, 4.69) is 63.8 Å². The summed E-state index contributed by atoms with van der Waals surface area (Å²) in [6, 6.07) is 2.06. The molecule has 0 saturated carbocycles. The fraction of sp³-hybridized carbons (Fsp3) is 0.417. The number of halogens is 1. The molecule has 1 N–H and O–H groups in total. The third-order valence-corrected chi connectivity index (χ3v) is 5.05. The molecule has 0 aliphatic rings. The van der Waals surface area contributed by atoms with E-state index in [0.717, 1.165) is 21.7 Å². The number of thiazole rings is 1. The van der Waals surface area contributed by atoms with Crippen molar-refractivity contribution in [1.29, 1.82) is 0 Å². The molecule has 0 bridgehead atoms. The summed E-state index contributed by atoms with van der Waals surface area (Å²) in [5, 5.41) is 8.74. The standard InChI is InChI=1S/C12H15BrN2S2/c1-12(2,3)14-6-8-7-17-11(15-8)10-9(13)4-5-16-10/h4-5,7,14H,6H2,1-3H3. The molecule has 0 radical (unpaired) electrons.